The van der Waals surface area contributed by atoms with Crippen LogP contribution in [0.5, 0.6) is 0 Å². The largest absolute Gasteiger partial charge is 0.358 e. The maximum absolute atomic E-state index is 6.00. The second-order valence-electron chi connectivity index (χ2n) is 6.14. The summed E-state index contributed by atoms with van der Waals surface area (Å²) in [6.45, 7) is 3.17. The van der Waals surface area contributed by atoms with E-state index in [-0.39, 0.29) is 0 Å². The summed E-state index contributed by atoms with van der Waals surface area (Å²) in [5, 5.41) is 0. The summed E-state index contributed by atoms with van der Waals surface area (Å²) in [6.07, 6.45) is 4.84. The molecule has 1 fully saturated rings. The van der Waals surface area contributed by atoms with Gasteiger partial charge in [-0.3, -0.25) is 0 Å². The number of anilines is 1. The van der Waals surface area contributed by atoms with E-state index in [1.807, 2.05) is 0 Å². The number of nitrogens with zero attached hydrogens (tertiary/aromatic N) is 3. The van der Waals surface area contributed by atoms with Crippen LogP contribution in [0.15, 0.2) is 12.1 Å². The molecule has 2 rings (SSSR count). The van der Waals surface area contributed by atoms with Crippen LogP contribution in [-0.4, -0.2) is 43.1 Å². The topological polar surface area (TPSA) is 19.4 Å². The standard InChI is InChI=1S/C16H26ClN3/c1-5-14-9-13(11-17)10-15(18-14)20(4)12-16(19(2)3)7-6-8-16/h9-10H,5-8,11-12H2,1-4H3. The monoisotopic (exact) mass is 295 g/mol. The van der Waals surface area contributed by atoms with Gasteiger partial charge in [-0.2, -0.15) is 0 Å². The molecule has 0 amide bonds. The van der Waals surface area contributed by atoms with Gasteiger partial charge in [0.2, 0.25) is 0 Å². The fraction of sp³-hybridized carbons (Fsp3) is 0.688. The first-order valence-electron chi connectivity index (χ1n) is 7.45. The van der Waals surface area contributed by atoms with Crippen molar-refractivity contribution in [1.82, 2.24) is 9.88 Å². The summed E-state index contributed by atoms with van der Waals surface area (Å²) in [4.78, 5) is 9.41. The molecule has 1 aromatic heterocycles. The van der Waals surface area contributed by atoms with Gasteiger partial charge in [0.25, 0.3) is 0 Å². The Hall–Kier alpha value is -0.800. The van der Waals surface area contributed by atoms with Crippen LogP contribution < -0.4 is 4.90 Å². The third-order valence-corrected chi connectivity index (χ3v) is 4.91. The summed E-state index contributed by atoms with van der Waals surface area (Å²) in [6, 6.07) is 4.23. The van der Waals surface area contributed by atoms with E-state index in [1.165, 1.54) is 19.3 Å². The number of likely N-dealkylation sites (N-methyl/N-ethyl adjacent to an activating group) is 2. The molecule has 0 atom stereocenters. The summed E-state index contributed by atoms with van der Waals surface area (Å²) in [7, 11) is 6.52. The number of alkyl halides is 1. The SMILES string of the molecule is CCc1cc(CCl)cc(N(C)CC2(N(C)C)CCC2)n1. The Labute approximate surface area is 127 Å². The highest BCUT2D eigenvalue weighted by atomic mass is 35.5. The van der Waals surface area contributed by atoms with Crippen molar-refractivity contribution in [3.63, 3.8) is 0 Å². The van der Waals surface area contributed by atoms with Gasteiger partial charge in [0, 0.05) is 30.7 Å². The van der Waals surface area contributed by atoms with Gasteiger partial charge in [0.05, 0.1) is 0 Å². The molecule has 1 aliphatic rings. The zero-order valence-corrected chi connectivity index (χ0v) is 13.9. The molecule has 3 nitrogen and oxygen atoms in total. The predicted octanol–water partition coefficient (Wildman–Crippen LogP) is 3.30. The fourth-order valence-corrected chi connectivity index (χ4v) is 3.10. The number of halogens is 1. The molecule has 1 aromatic rings. The van der Waals surface area contributed by atoms with Gasteiger partial charge in [0.15, 0.2) is 0 Å². The molecular weight excluding hydrogens is 270 g/mol. The zero-order chi connectivity index (χ0) is 14.8. The Kier molecular flexibility index (Phi) is 4.92. The maximum atomic E-state index is 6.00. The Morgan fingerprint density at radius 2 is 1.95 bits per heavy atom. The Morgan fingerprint density at radius 3 is 2.40 bits per heavy atom. The highest BCUT2D eigenvalue weighted by molar-refractivity contribution is 6.17. The number of hydrogen-bond acceptors (Lipinski definition) is 3. The molecule has 0 spiro atoms. The van der Waals surface area contributed by atoms with Crippen molar-refractivity contribution in [2.75, 3.05) is 32.6 Å². The van der Waals surface area contributed by atoms with Crippen molar-refractivity contribution in [2.24, 2.45) is 0 Å². The van der Waals surface area contributed by atoms with Crippen LogP contribution in [0.3, 0.4) is 0 Å². The van der Waals surface area contributed by atoms with Gasteiger partial charge in [-0.15, -0.1) is 11.6 Å². The van der Waals surface area contributed by atoms with E-state index in [9.17, 15) is 0 Å². The van der Waals surface area contributed by atoms with E-state index in [1.54, 1.807) is 0 Å². The third-order valence-electron chi connectivity index (χ3n) is 4.60. The first-order valence-corrected chi connectivity index (χ1v) is 7.98. The molecule has 1 saturated carbocycles. The van der Waals surface area contributed by atoms with Crippen LogP contribution >= 0.6 is 11.6 Å². The molecule has 20 heavy (non-hydrogen) atoms. The second-order valence-corrected chi connectivity index (χ2v) is 6.41. The molecular formula is C16H26ClN3. The van der Waals surface area contributed by atoms with Crippen molar-refractivity contribution >= 4 is 17.4 Å². The van der Waals surface area contributed by atoms with Crippen molar-refractivity contribution in [2.45, 2.75) is 44.0 Å². The van der Waals surface area contributed by atoms with Crippen molar-refractivity contribution in [3.8, 4) is 0 Å². The van der Waals surface area contributed by atoms with E-state index >= 15 is 0 Å². The fourth-order valence-electron chi connectivity index (χ4n) is 2.94. The van der Waals surface area contributed by atoms with E-state index in [4.69, 9.17) is 16.6 Å². The summed E-state index contributed by atoms with van der Waals surface area (Å²) in [5.41, 5.74) is 2.60. The zero-order valence-electron chi connectivity index (χ0n) is 13.1. The van der Waals surface area contributed by atoms with Gasteiger partial charge in [-0.1, -0.05) is 6.92 Å². The summed E-state index contributed by atoms with van der Waals surface area (Å²) >= 11 is 6.00. The highest BCUT2D eigenvalue weighted by Gasteiger charge is 2.40. The number of aryl methyl sites for hydroxylation is 1. The van der Waals surface area contributed by atoms with Crippen molar-refractivity contribution in [1.29, 1.82) is 0 Å². The molecule has 0 N–H and O–H groups in total. The Balaban J connectivity index is 2.18. The molecule has 4 heteroatoms. The van der Waals surface area contributed by atoms with E-state index in [0.717, 1.165) is 30.0 Å². The van der Waals surface area contributed by atoms with Crippen LogP contribution in [0.2, 0.25) is 0 Å². The van der Waals surface area contributed by atoms with Gasteiger partial charge in [-0.25, -0.2) is 4.98 Å². The summed E-state index contributed by atoms with van der Waals surface area (Å²) < 4.78 is 0. The molecule has 0 aliphatic heterocycles. The molecule has 0 aromatic carbocycles. The maximum Gasteiger partial charge on any atom is 0.128 e. The second kappa shape index (κ2) is 6.31. The minimum Gasteiger partial charge on any atom is -0.358 e. The lowest BCUT2D eigenvalue weighted by molar-refractivity contribution is 0.0682. The average molecular weight is 296 g/mol. The molecule has 1 aliphatic carbocycles. The molecule has 112 valence electrons. The normalized spacial score (nSPS) is 17.1. The molecule has 0 unspecified atom stereocenters. The van der Waals surface area contributed by atoms with Crippen molar-refractivity contribution in [3.05, 3.63) is 23.4 Å². The van der Waals surface area contributed by atoms with Gasteiger partial charge < -0.3 is 9.80 Å². The van der Waals surface area contributed by atoms with Crippen LogP contribution in [0, 0.1) is 0 Å². The molecule has 0 bridgehead atoms. The average Bonchev–Trinajstić information content (AvgIpc) is 2.41. The lowest BCUT2D eigenvalue weighted by Gasteiger charge is -2.49. The van der Waals surface area contributed by atoms with Gasteiger partial charge in [0.1, 0.15) is 5.82 Å². The van der Waals surface area contributed by atoms with E-state index < -0.39 is 0 Å². The number of hydrogen-bond donors (Lipinski definition) is 0. The smallest absolute Gasteiger partial charge is 0.128 e. The Bertz CT molecular complexity index is 433. The minimum atomic E-state index is 0.319. The first-order chi connectivity index (χ1) is 9.50. The highest BCUT2D eigenvalue weighted by Crippen LogP contribution is 2.37. The number of rotatable bonds is 6. The van der Waals surface area contributed by atoms with Crippen molar-refractivity contribution < 1.29 is 0 Å². The van der Waals surface area contributed by atoms with Gasteiger partial charge >= 0.3 is 0 Å². The molecule has 1 heterocycles. The van der Waals surface area contributed by atoms with Crippen LogP contribution in [0.4, 0.5) is 5.82 Å². The lowest BCUT2D eigenvalue weighted by Crippen LogP contribution is -2.56. The number of pyridine rings is 1. The third kappa shape index (κ3) is 3.09. The first kappa shape index (κ1) is 15.6. The van der Waals surface area contributed by atoms with E-state index in [2.05, 4.69) is 50.0 Å². The van der Waals surface area contributed by atoms with Gasteiger partial charge in [-0.05, 0) is 57.5 Å². The van der Waals surface area contributed by atoms with Crippen LogP contribution in [-0.2, 0) is 12.3 Å². The van der Waals surface area contributed by atoms with E-state index in [0.29, 0.717) is 11.4 Å². The summed E-state index contributed by atoms with van der Waals surface area (Å²) in [5.74, 6) is 1.60. The predicted molar refractivity (Wildman–Crippen MR) is 86.7 cm³/mol. The Morgan fingerprint density at radius 1 is 1.25 bits per heavy atom. The molecule has 0 saturated heterocycles. The lowest BCUT2D eigenvalue weighted by atomic mass is 9.75. The van der Waals surface area contributed by atoms with Crippen LogP contribution in [0.25, 0.3) is 0 Å². The quantitative estimate of drug-likeness (QED) is 0.751. The number of aromatic nitrogens is 1. The van der Waals surface area contributed by atoms with Crippen LogP contribution in [0.1, 0.15) is 37.4 Å². The minimum absolute atomic E-state index is 0.319. The molecule has 0 radical (unpaired) electrons.